The van der Waals surface area contributed by atoms with Gasteiger partial charge in [0.05, 0.1) is 0 Å². The Hall–Kier alpha value is -1.32. The van der Waals surface area contributed by atoms with Crippen molar-refractivity contribution in [3.05, 3.63) is 12.7 Å². The first-order valence-corrected chi connectivity index (χ1v) is 6.58. The molecule has 2 amide bonds. The van der Waals surface area contributed by atoms with Crippen LogP contribution < -0.4 is 5.32 Å². The van der Waals surface area contributed by atoms with Crippen LogP contribution in [0, 0.1) is 11.3 Å². The lowest BCUT2D eigenvalue weighted by molar-refractivity contribution is -0.149. The molecule has 1 saturated heterocycles. The molecule has 102 valence electrons. The fraction of sp³-hybridized carbons (Fsp3) is 0.714. The molecule has 0 aromatic heterocycles. The highest BCUT2D eigenvalue weighted by Gasteiger charge is 2.39. The maximum atomic E-state index is 12.4. The minimum atomic E-state index is -1.000. The molecule has 1 aliphatic heterocycles. The predicted octanol–water partition coefficient (Wildman–Crippen LogP) is 1.57. The highest BCUT2D eigenvalue weighted by molar-refractivity contribution is 6.04. The molecule has 1 aliphatic rings. The van der Waals surface area contributed by atoms with E-state index >= 15 is 0 Å². The third-order valence-electron chi connectivity index (χ3n) is 3.45. The smallest absolute Gasteiger partial charge is 0.237 e. The van der Waals surface area contributed by atoms with E-state index in [1.54, 1.807) is 19.9 Å². The van der Waals surface area contributed by atoms with E-state index in [0.717, 1.165) is 25.9 Å². The van der Waals surface area contributed by atoms with E-state index in [1.165, 1.54) is 0 Å². The summed E-state index contributed by atoms with van der Waals surface area (Å²) < 4.78 is 0. The highest BCUT2D eigenvalue weighted by atomic mass is 16.2. The first kappa shape index (κ1) is 14.7. The van der Waals surface area contributed by atoms with E-state index in [-0.39, 0.29) is 11.8 Å². The largest absolute Gasteiger partial charge is 0.352 e. The summed E-state index contributed by atoms with van der Waals surface area (Å²) in [6.07, 6.45) is 3.80. The Morgan fingerprint density at radius 1 is 1.50 bits per heavy atom. The molecule has 0 saturated carbocycles. The zero-order chi connectivity index (χ0) is 13.8. The van der Waals surface area contributed by atoms with Crippen LogP contribution in [0.3, 0.4) is 0 Å². The second-order valence-corrected chi connectivity index (χ2v) is 5.62. The van der Waals surface area contributed by atoms with E-state index in [0.29, 0.717) is 12.5 Å². The van der Waals surface area contributed by atoms with Crippen LogP contribution in [0.4, 0.5) is 0 Å². The Bertz CT molecular complexity index is 337. The highest BCUT2D eigenvalue weighted by Crippen LogP contribution is 2.24. The molecule has 0 bridgehead atoms. The molecule has 0 spiro atoms. The summed E-state index contributed by atoms with van der Waals surface area (Å²) in [5, 5.41) is 2.70. The van der Waals surface area contributed by atoms with Crippen LogP contribution in [0.1, 0.15) is 33.6 Å². The van der Waals surface area contributed by atoms with E-state index < -0.39 is 5.41 Å². The molecule has 4 heteroatoms. The normalized spacial score (nSPS) is 20.4. The summed E-state index contributed by atoms with van der Waals surface area (Å²) in [7, 11) is 0. The quantitative estimate of drug-likeness (QED) is 0.610. The van der Waals surface area contributed by atoms with E-state index in [2.05, 4.69) is 18.8 Å². The Labute approximate surface area is 109 Å². The topological polar surface area (TPSA) is 49.4 Å². The molecule has 4 nitrogen and oxygen atoms in total. The number of amides is 2. The lowest BCUT2D eigenvalue weighted by Crippen LogP contribution is -2.51. The number of hydrogen-bond donors (Lipinski definition) is 1. The van der Waals surface area contributed by atoms with Gasteiger partial charge in [0, 0.05) is 19.6 Å². The van der Waals surface area contributed by atoms with Crippen LogP contribution in [-0.4, -0.2) is 36.3 Å². The van der Waals surface area contributed by atoms with E-state index in [9.17, 15) is 9.59 Å². The summed E-state index contributed by atoms with van der Waals surface area (Å²) >= 11 is 0. The number of carbonyl (C=O) groups excluding carboxylic acids is 2. The molecule has 1 heterocycles. The Balaban J connectivity index is 2.68. The Kier molecular flexibility index (Phi) is 4.93. The summed E-state index contributed by atoms with van der Waals surface area (Å²) in [5.74, 6) is 0.218. The van der Waals surface area contributed by atoms with Gasteiger partial charge in [0.2, 0.25) is 11.8 Å². The summed E-state index contributed by atoms with van der Waals surface area (Å²) in [5.41, 5.74) is -1.000. The molecule has 0 radical (unpaired) electrons. The van der Waals surface area contributed by atoms with Crippen molar-refractivity contribution in [1.29, 1.82) is 0 Å². The van der Waals surface area contributed by atoms with Gasteiger partial charge in [-0.2, -0.15) is 0 Å². The minimum absolute atomic E-state index is 0.0735. The SMILES string of the molecule is C=CCNC(=O)C(C)(C)C(=O)N1CCCC(C)C1. The van der Waals surface area contributed by atoms with Crippen molar-refractivity contribution in [3.8, 4) is 0 Å². The standard InChI is InChI=1S/C14H24N2O2/c1-5-8-15-12(17)14(3,4)13(18)16-9-6-7-11(2)10-16/h5,11H,1,6-10H2,2-4H3,(H,15,17). The second-order valence-electron chi connectivity index (χ2n) is 5.62. The third kappa shape index (κ3) is 3.34. The Morgan fingerprint density at radius 3 is 2.72 bits per heavy atom. The summed E-state index contributed by atoms with van der Waals surface area (Å²) in [6, 6.07) is 0. The number of rotatable bonds is 4. The number of piperidine rings is 1. The monoisotopic (exact) mass is 252 g/mol. The lowest BCUT2D eigenvalue weighted by atomic mass is 9.88. The van der Waals surface area contributed by atoms with Gasteiger partial charge >= 0.3 is 0 Å². The van der Waals surface area contributed by atoms with Crippen molar-refractivity contribution in [1.82, 2.24) is 10.2 Å². The minimum Gasteiger partial charge on any atom is -0.352 e. The van der Waals surface area contributed by atoms with Crippen LogP contribution in [0.2, 0.25) is 0 Å². The first-order valence-electron chi connectivity index (χ1n) is 6.58. The molecular weight excluding hydrogens is 228 g/mol. The van der Waals surface area contributed by atoms with E-state index in [4.69, 9.17) is 0 Å². The molecule has 1 atom stereocenters. The molecule has 1 rings (SSSR count). The molecule has 1 N–H and O–H groups in total. The van der Waals surface area contributed by atoms with Crippen molar-refractivity contribution in [2.24, 2.45) is 11.3 Å². The average Bonchev–Trinajstić information content (AvgIpc) is 2.34. The van der Waals surface area contributed by atoms with Crippen LogP contribution >= 0.6 is 0 Å². The van der Waals surface area contributed by atoms with Crippen molar-refractivity contribution in [3.63, 3.8) is 0 Å². The number of nitrogens with one attached hydrogen (secondary N) is 1. The fourth-order valence-electron chi connectivity index (χ4n) is 2.25. The zero-order valence-corrected chi connectivity index (χ0v) is 11.7. The van der Waals surface area contributed by atoms with Gasteiger partial charge in [-0.1, -0.05) is 13.0 Å². The van der Waals surface area contributed by atoms with Gasteiger partial charge in [0.1, 0.15) is 5.41 Å². The number of hydrogen-bond acceptors (Lipinski definition) is 2. The maximum Gasteiger partial charge on any atom is 0.237 e. The van der Waals surface area contributed by atoms with Gasteiger partial charge in [-0.3, -0.25) is 9.59 Å². The number of carbonyl (C=O) groups is 2. The first-order chi connectivity index (χ1) is 8.39. The maximum absolute atomic E-state index is 12.4. The number of likely N-dealkylation sites (tertiary alicyclic amines) is 1. The summed E-state index contributed by atoms with van der Waals surface area (Å²) in [6.45, 7) is 11.0. The third-order valence-corrected chi connectivity index (χ3v) is 3.45. The van der Waals surface area contributed by atoms with Gasteiger partial charge in [-0.05, 0) is 32.6 Å². The molecule has 0 aromatic carbocycles. The number of nitrogens with zero attached hydrogens (tertiary/aromatic N) is 1. The van der Waals surface area contributed by atoms with Crippen molar-refractivity contribution in [2.45, 2.75) is 33.6 Å². The van der Waals surface area contributed by atoms with Crippen molar-refractivity contribution in [2.75, 3.05) is 19.6 Å². The average molecular weight is 252 g/mol. The van der Waals surface area contributed by atoms with Gasteiger partial charge in [-0.25, -0.2) is 0 Å². The van der Waals surface area contributed by atoms with Crippen LogP contribution in [-0.2, 0) is 9.59 Å². The van der Waals surface area contributed by atoms with Gasteiger partial charge < -0.3 is 10.2 Å². The van der Waals surface area contributed by atoms with Crippen LogP contribution in [0.15, 0.2) is 12.7 Å². The Morgan fingerprint density at radius 2 is 2.17 bits per heavy atom. The van der Waals surface area contributed by atoms with Crippen LogP contribution in [0.25, 0.3) is 0 Å². The lowest BCUT2D eigenvalue weighted by Gasteiger charge is -2.36. The second kappa shape index (κ2) is 6.03. The molecule has 0 aromatic rings. The van der Waals surface area contributed by atoms with Gasteiger partial charge in [-0.15, -0.1) is 6.58 Å². The fourth-order valence-corrected chi connectivity index (χ4v) is 2.25. The molecule has 18 heavy (non-hydrogen) atoms. The van der Waals surface area contributed by atoms with Crippen LogP contribution in [0.5, 0.6) is 0 Å². The predicted molar refractivity (Wildman–Crippen MR) is 72.0 cm³/mol. The van der Waals surface area contributed by atoms with Crippen molar-refractivity contribution >= 4 is 11.8 Å². The molecule has 1 fully saturated rings. The van der Waals surface area contributed by atoms with E-state index in [1.807, 2.05) is 4.90 Å². The molecule has 1 unspecified atom stereocenters. The molecular formula is C14H24N2O2. The van der Waals surface area contributed by atoms with Crippen molar-refractivity contribution < 1.29 is 9.59 Å². The van der Waals surface area contributed by atoms with Gasteiger partial charge in [0.25, 0.3) is 0 Å². The zero-order valence-electron chi connectivity index (χ0n) is 11.7. The van der Waals surface area contributed by atoms with Gasteiger partial charge in [0.15, 0.2) is 0 Å². The summed E-state index contributed by atoms with van der Waals surface area (Å²) in [4.78, 5) is 26.2. The molecule has 0 aliphatic carbocycles.